The standard InChI is InChI=1S/C24H28ClN5O2/c1-3-30-21-13-22(26-2)27-14-15(21)11-19(23(30)31)18-12-17(9-10-20(18)25)29-24(32)28-16-7-5-4-6-8-16/h9-14,16H,3-8H2,1-2H3,(H,26,27)(H2,28,29,32). The lowest BCUT2D eigenvalue weighted by atomic mass is 9.96. The van der Waals surface area contributed by atoms with E-state index in [4.69, 9.17) is 11.6 Å². The van der Waals surface area contributed by atoms with Crippen LogP contribution in [0.15, 0.2) is 41.3 Å². The predicted octanol–water partition coefficient (Wildman–Crippen LogP) is 5.23. The number of aromatic nitrogens is 2. The fourth-order valence-corrected chi connectivity index (χ4v) is 4.54. The van der Waals surface area contributed by atoms with Crippen molar-refractivity contribution in [2.75, 3.05) is 17.7 Å². The van der Waals surface area contributed by atoms with Gasteiger partial charge in [0.1, 0.15) is 5.82 Å². The Balaban J connectivity index is 1.68. The first kappa shape index (κ1) is 22.1. The van der Waals surface area contributed by atoms with Crippen molar-refractivity contribution in [2.45, 2.75) is 51.6 Å². The second-order valence-corrected chi connectivity index (χ2v) is 8.52. The van der Waals surface area contributed by atoms with Crippen LogP contribution in [0.5, 0.6) is 0 Å². The molecule has 8 heteroatoms. The summed E-state index contributed by atoms with van der Waals surface area (Å²) in [5.74, 6) is 0.694. The van der Waals surface area contributed by atoms with Gasteiger partial charge in [0.15, 0.2) is 0 Å². The highest BCUT2D eigenvalue weighted by molar-refractivity contribution is 6.33. The first-order valence-electron chi connectivity index (χ1n) is 11.1. The predicted molar refractivity (Wildman–Crippen MR) is 131 cm³/mol. The van der Waals surface area contributed by atoms with E-state index in [1.807, 2.05) is 19.1 Å². The van der Waals surface area contributed by atoms with Crippen LogP contribution in [0.2, 0.25) is 5.02 Å². The molecule has 3 aromatic rings. The molecular formula is C24H28ClN5O2. The number of hydrogen-bond donors (Lipinski definition) is 3. The smallest absolute Gasteiger partial charge is 0.319 e. The van der Waals surface area contributed by atoms with E-state index in [9.17, 15) is 9.59 Å². The molecule has 2 heterocycles. The SMILES string of the molecule is CCn1c(=O)c(-c2cc(NC(=O)NC3CCCCC3)ccc2Cl)cc2cnc(NC)cc21. The van der Waals surface area contributed by atoms with E-state index in [0.717, 1.165) is 36.6 Å². The number of carbonyl (C=O) groups excluding carboxylic acids is 1. The maximum Gasteiger partial charge on any atom is 0.319 e. The summed E-state index contributed by atoms with van der Waals surface area (Å²) < 4.78 is 1.71. The van der Waals surface area contributed by atoms with E-state index in [-0.39, 0.29) is 17.6 Å². The molecule has 3 N–H and O–H groups in total. The Morgan fingerprint density at radius 2 is 1.94 bits per heavy atom. The molecule has 168 valence electrons. The lowest BCUT2D eigenvalue weighted by Gasteiger charge is -2.23. The van der Waals surface area contributed by atoms with Crippen molar-refractivity contribution in [3.8, 4) is 11.1 Å². The number of benzene rings is 1. The maximum atomic E-state index is 13.3. The first-order valence-corrected chi connectivity index (χ1v) is 11.5. The van der Waals surface area contributed by atoms with Crippen molar-refractivity contribution >= 4 is 40.0 Å². The van der Waals surface area contributed by atoms with Gasteiger partial charge in [0.05, 0.1) is 5.52 Å². The van der Waals surface area contributed by atoms with E-state index in [1.165, 1.54) is 6.42 Å². The fourth-order valence-electron chi connectivity index (χ4n) is 4.32. The summed E-state index contributed by atoms with van der Waals surface area (Å²) in [6.45, 7) is 2.44. The van der Waals surface area contributed by atoms with E-state index in [2.05, 4.69) is 20.9 Å². The van der Waals surface area contributed by atoms with Crippen molar-refractivity contribution < 1.29 is 4.79 Å². The second kappa shape index (κ2) is 9.61. The van der Waals surface area contributed by atoms with Gasteiger partial charge in [-0.3, -0.25) is 4.79 Å². The zero-order valence-corrected chi connectivity index (χ0v) is 19.1. The van der Waals surface area contributed by atoms with Gasteiger partial charge in [0.25, 0.3) is 5.56 Å². The number of urea groups is 1. The number of carbonyl (C=O) groups is 1. The molecule has 0 bridgehead atoms. The van der Waals surface area contributed by atoms with Gasteiger partial charge in [-0.05, 0) is 44.0 Å². The Morgan fingerprint density at radius 1 is 1.16 bits per heavy atom. The molecule has 0 radical (unpaired) electrons. The quantitative estimate of drug-likeness (QED) is 0.493. The Bertz CT molecular complexity index is 1200. The lowest BCUT2D eigenvalue weighted by Crippen LogP contribution is -2.39. The third-order valence-corrected chi connectivity index (χ3v) is 6.33. The van der Waals surface area contributed by atoms with Gasteiger partial charge in [0.2, 0.25) is 0 Å². The summed E-state index contributed by atoms with van der Waals surface area (Å²) >= 11 is 6.49. The number of rotatable bonds is 5. The van der Waals surface area contributed by atoms with Crippen molar-refractivity contribution in [3.63, 3.8) is 0 Å². The van der Waals surface area contributed by atoms with E-state index >= 15 is 0 Å². The number of nitrogens with zero attached hydrogens (tertiary/aromatic N) is 2. The number of fused-ring (bicyclic) bond motifs is 1. The summed E-state index contributed by atoms with van der Waals surface area (Å²) in [7, 11) is 1.79. The van der Waals surface area contributed by atoms with Crippen LogP contribution in [0.25, 0.3) is 22.0 Å². The van der Waals surface area contributed by atoms with Crippen LogP contribution in [-0.2, 0) is 6.54 Å². The zero-order chi connectivity index (χ0) is 22.7. The topological polar surface area (TPSA) is 88.1 Å². The molecular weight excluding hydrogens is 426 g/mol. The van der Waals surface area contributed by atoms with Crippen LogP contribution in [0.4, 0.5) is 16.3 Å². The van der Waals surface area contributed by atoms with Gasteiger partial charge in [-0.25, -0.2) is 9.78 Å². The third kappa shape index (κ3) is 4.58. The number of anilines is 2. The number of nitrogens with one attached hydrogen (secondary N) is 3. The number of amides is 2. The van der Waals surface area contributed by atoms with Gasteiger partial charge < -0.3 is 20.5 Å². The van der Waals surface area contributed by atoms with Gasteiger partial charge in [0, 0.05) is 59.1 Å². The van der Waals surface area contributed by atoms with Crippen LogP contribution >= 0.6 is 11.6 Å². The minimum Gasteiger partial charge on any atom is -0.373 e. The molecule has 1 fully saturated rings. The molecule has 1 aliphatic carbocycles. The monoisotopic (exact) mass is 453 g/mol. The Kier molecular flexibility index (Phi) is 6.65. The summed E-state index contributed by atoms with van der Waals surface area (Å²) in [6.07, 6.45) is 7.28. The van der Waals surface area contributed by atoms with Crippen LogP contribution in [-0.4, -0.2) is 28.7 Å². The highest BCUT2D eigenvalue weighted by Crippen LogP contribution is 2.31. The molecule has 0 spiro atoms. The number of aryl methyl sites for hydroxylation is 1. The van der Waals surface area contributed by atoms with Crippen LogP contribution in [0, 0.1) is 0 Å². The molecule has 0 unspecified atom stereocenters. The van der Waals surface area contributed by atoms with Crippen molar-refractivity contribution in [1.29, 1.82) is 0 Å². The minimum absolute atomic E-state index is 0.140. The summed E-state index contributed by atoms with van der Waals surface area (Å²) in [6, 6.07) is 8.84. The molecule has 2 amide bonds. The van der Waals surface area contributed by atoms with E-state index < -0.39 is 0 Å². The normalized spacial score (nSPS) is 14.3. The number of pyridine rings is 2. The summed E-state index contributed by atoms with van der Waals surface area (Å²) in [5.41, 5.74) is 2.30. The highest BCUT2D eigenvalue weighted by atomic mass is 35.5. The lowest BCUT2D eigenvalue weighted by molar-refractivity contribution is 0.244. The van der Waals surface area contributed by atoms with E-state index in [1.54, 1.807) is 36.0 Å². The molecule has 4 rings (SSSR count). The average molecular weight is 454 g/mol. The third-order valence-electron chi connectivity index (χ3n) is 6.01. The Hall–Kier alpha value is -3.06. The molecule has 2 aromatic heterocycles. The molecule has 1 aliphatic rings. The first-order chi connectivity index (χ1) is 15.5. The van der Waals surface area contributed by atoms with Gasteiger partial charge in [-0.1, -0.05) is 30.9 Å². The zero-order valence-electron chi connectivity index (χ0n) is 18.4. The fraction of sp³-hybridized carbons (Fsp3) is 0.375. The number of halogens is 1. The van der Waals surface area contributed by atoms with Crippen LogP contribution in [0.1, 0.15) is 39.0 Å². The van der Waals surface area contributed by atoms with Crippen LogP contribution < -0.4 is 21.5 Å². The molecule has 1 aromatic carbocycles. The molecule has 32 heavy (non-hydrogen) atoms. The average Bonchev–Trinajstić information content (AvgIpc) is 2.80. The van der Waals surface area contributed by atoms with Crippen molar-refractivity contribution in [1.82, 2.24) is 14.9 Å². The Morgan fingerprint density at radius 3 is 2.66 bits per heavy atom. The van der Waals surface area contributed by atoms with Gasteiger partial charge in [-0.15, -0.1) is 0 Å². The van der Waals surface area contributed by atoms with Crippen molar-refractivity contribution in [3.05, 3.63) is 51.9 Å². The molecule has 0 aliphatic heterocycles. The molecule has 0 atom stereocenters. The molecule has 7 nitrogen and oxygen atoms in total. The molecule has 1 saturated carbocycles. The number of hydrogen-bond acceptors (Lipinski definition) is 4. The second-order valence-electron chi connectivity index (χ2n) is 8.11. The van der Waals surface area contributed by atoms with Gasteiger partial charge >= 0.3 is 6.03 Å². The molecule has 0 saturated heterocycles. The summed E-state index contributed by atoms with van der Waals surface area (Å²) in [5, 5.41) is 10.2. The highest BCUT2D eigenvalue weighted by Gasteiger charge is 2.17. The largest absolute Gasteiger partial charge is 0.373 e. The minimum atomic E-state index is -0.238. The Labute approximate surface area is 192 Å². The maximum absolute atomic E-state index is 13.3. The van der Waals surface area contributed by atoms with Gasteiger partial charge in [-0.2, -0.15) is 0 Å². The van der Waals surface area contributed by atoms with E-state index in [0.29, 0.717) is 34.2 Å². The van der Waals surface area contributed by atoms with Crippen molar-refractivity contribution in [2.24, 2.45) is 0 Å². The van der Waals surface area contributed by atoms with Crippen LogP contribution in [0.3, 0.4) is 0 Å². The summed E-state index contributed by atoms with van der Waals surface area (Å²) in [4.78, 5) is 30.2.